The van der Waals surface area contributed by atoms with Crippen LogP contribution in [0.25, 0.3) is 10.9 Å². The maximum absolute atomic E-state index is 11.8. The van der Waals surface area contributed by atoms with Crippen LogP contribution < -0.4 is 5.32 Å². The first-order chi connectivity index (χ1) is 8.78. The number of fused-ring (bicyclic) bond motifs is 1. The summed E-state index contributed by atoms with van der Waals surface area (Å²) in [5.74, 6) is 0.00991. The van der Waals surface area contributed by atoms with Crippen molar-refractivity contribution >= 4 is 23.1 Å². The summed E-state index contributed by atoms with van der Waals surface area (Å²) in [6, 6.07) is 7.85. The van der Waals surface area contributed by atoms with Crippen LogP contribution in [-0.4, -0.2) is 22.8 Å². The number of rotatable bonds is 4. The van der Waals surface area contributed by atoms with Gasteiger partial charge < -0.3 is 9.88 Å². The average molecular weight is 242 g/mol. The molecule has 92 valence electrons. The second kappa shape index (κ2) is 4.29. The van der Waals surface area contributed by atoms with Gasteiger partial charge in [0, 0.05) is 23.2 Å². The van der Waals surface area contributed by atoms with Crippen LogP contribution in [0.4, 0.5) is 0 Å². The first kappa shape index (κ1) is 11.0. The van der Waals surface area contributed by atoms with E-state index in [0.717, 1.165) is 30.0 Å². The van der Waals surface area contributed by atoms with Gasteiger partial charge in [0.2, 0.25) is 5.91 Å². The number of carbonyl (C=O) groups excluding carboxylic acids is 2. The monoisotopic (exact) mass is 242 g/mol. The van der Waals surface area contributed by atoms with Crippen LogP contribution in [0.15, 0.2) is 30.5 Å². The van der Waals surface area contributed by atoms with Crippen LogP contribution in [0.5, 0.6) is 0 Å². The molecule has 0 radical (unpaired) electrons. The molecule has 1 fully saturated rings. The Kier molecular flexibility index (Phi) is 2.63. The van der Waals surface area contributed by atoms with E-state index in [0.29, 0.717) is 11.6 Å². The minimum absolute atomic E-state index is 0.00991. The van der Waals surface area contributed by atoms with Gasteiger partial charge in [-0.25, -0.2) is 0 Å². The van der Waals surface area contributed by atoms with Gasteiger partial charge in [0.25, 0.3) is 0 Å². The number of nitrogens with one attached hydrogen (secondary N) is 1. The molecule has 0 saturated heterocycles. The molecule has 1 aliphatic carbocycles. The smallest absolute Gasteiger partial charge is 0.240 e. The Labute approximate surface area is 105 Å². The number of aromatic nitrogens is 1. The predicted octanol–water partition coefficient (Wildman–Crippen LogP) is 1.73. The molecule has 0 atom stereocenters. The van der Waals surface area contributed by atoms with Gasteiger partial charge in [-0.15, -0.1) is 0 Å². The predicted molar refractivity (Wildman–Crippen MR) is 68.5 cm³/mol. The molecule has 0 unspecified atom stereocenters. The van der Waals surface area contributed by atoms with E-state index in [9.17, 15) is 9.59 Å². The zero-order valence-corrected chi connectivity index (χ0v) is 9.93. The second-order valence-corrected chi connectivity index (χ2v) is 4.69. The molecule has 1 heterocycles. The number of nitrogens with zero attached hydrogens (tertiary/aromatic N) is 1. The lowest BCUT2D eigenvalue weighted by Gasteiger charge is -2.07. The highest BCUT2D eigenvalue weighted by molar-refractivity contribution is 5.97. The second-order valence-electron chi connectivity index (χ2n) is 4.69. The molecule has 1 N–H and O–H groups in total. The summed E-state index contributed by atoms with van der Waals surface area (Å²) in [5, 5.41) is 3.93. The number of carbonyl (C=O) groups is 2. The van der Waals surface area contributed by atoms with Gasteiger partial charge in [-0.2, -0.15) is 0 Å². The van der Waals surface area contributed by atoms with Crippen molar-refractivity contribution in [2.24, 2.45) is 0 Å². The molecule has 0 bridgehead atoms. The van der Waals surface area contributed by atoms with Crippen LogP contribution >= 0.6 is 0 Å². The Hall–Kier alpha value is -2.10. The molecular weight excluding hydrogens is 228 g/mol. The third-order valence-electron chi connectivity index (χ3n) is 3.20. The van der Waals surface area contributed by atoms with Crippen molar-refractivity contribution in [3.05, 3.63) is 36.0 Å². The van der Waals surface area contributed by atoms with Crippen LogP contribution in [-0.2, 0) is 11.3 Å². The molecule has 4 heteroatoms. The summed E-state index contributed by atoms with van der Waals surface area (Å²) < 4.78 is 1.83. The molecule has 1 aliphatic rings. The highest BCUT2D eigenvalue weighted by Crippen LogP contribution is 2.20. The summed E-state index contributed by atoms with van der Waals surface area (Å²) >= 11 is 0. The molecule has 18 heavy (non-hydrogen) atoms. The third-order valence-corrected chi connectivity index (χ3v) is 3.20. The van der Waals surface area contributed by atoms with Gasteiger partial charge in [0.05, 0.1) is 5.52 Å². The first-order valence-corrected chi connectivity index (χ1v) is 6.10. The standard InChI is InChI=1S/C14H14N2O2/c17-9-11-3-1-2-10-6-7-16(14(10)11)8-13(18)15-12-4-5-12/h1-3,6-7,9,12H,4-5,8H2,(H,15,18). The quantitative estimate of drug-likeness (QED) is 0.830. The van der Waals surface area contributed by atoms with Gasteiger partial charge in [-0.3, -0.25) is 9.59 Å². The summed E-state index contributed by atoms with van der Waals surface area (Å²) in [5.41, 5.74) is 1.45. The summed E-state index contributed by atoms with van der Waals surface area (Å²) in [7, 11) is 0. The van der Waals surface area contributed by atoms with E-state index in [1.807, 2.05) is 29.0 Å². The van der Waals surface area contributed by atoms with Crippen LogP contribution in [0.1, 0.15) is 23.2 Å². The lowest BCUT2D eigenvalue weighted by atomic mass is 10.1. The van der Waals surface area contributed by atoms with E-state index in [4.69, 9.17) is 0 Å². The first-order valence-electron chi connectivity index (χ1n) is 6.10. The lowest BCUT2D eigenvalue weighted by molar-refractivity contribution is -0.121. The molecule has 0 spiro atoms. The minimum atomic E-state index is 0.00991. The zero-order valence-electron chi connectivity index (χ0n) is 9.93. The van der Waals surface area contributed by atoms with E-state index < -0.39 is 0 Å². The Morgan fingerprint density at radius 1 is 1.39 bits per heavy atom. The maximum atomic E-state index is 11.8. The molecule has 1 aromatic heterocycles. The van der Waals surface area contributed by atoms with Crippen molar-refractivity contribution in [1.82, 2.24) is 9.88 Å². The van der Waals surface area contributed by atoms with Crippen molar-refractivity contribution in [1.29, 1.82) is 0 Å². The van der Waals surface area contributed by atoms with Gasteiger partial charge in [0.1, 0.15) is 6.54 Å². The number of amides is 1. The molecule has 1 amide bonds. The highest BCUT2D eigenvalue weighted by atomic mass is 16.2. The van der Waals surface area contributed by atoms with E-state index in [2.05, 4.69) is 5.32 Å². The average Bonchev–Trinajstić information content (AvgIpc) is 3.09. The fraction of sp³-hybridized carbons (Fsp3) is 0.286. The van der Waals surface area contributed by atoms with E-state index in [1.54, 1.807) is 6.07 Å². The van der Waals surface area contributed by atoms with E-state index in [1.165, 1.54) is 0 Å². The van der Waals surface area contributed by atoms with Crippen LogP contribution in [0.3, 0.4) is 0 Å². The highest BCUT2D eigenvalue weighted by Gasteiger charge is 2.23. The Morgan fingerprint density at radius 3 is 2.94 bits per heavy atom. The van der Waals surface area contributed by atoms with Crippen molar-refractivity contribution in [2.45, 2.75) is 25.4 Å². The number of benzene rings is 1. The van der Waals surface area contributed by atoms with Crippen molar-refractivity contribution in [2.75, 3.05) is 0 Å². The Balaban J connectivity index is 1.90. The fourth-order valence-electron chi connectivity index (χ4n) is 2.17. The molecule has 0 aliphatic heterocycles. The molecule has 4 nitrogen and oxygen atoms in total. The number of hydrogen-bond acceptors (Lipinski definition) is 2. The molecule has 1 aromatic carbocycles. The van der Waals surface area contributed by atoms with Gasteiger partial charge in [-0.05, 0) is 25.0 Å². The molecule has 2 aromatic rings. The summed E-state index contributed by atoms with van der Waals surface area (Å²) in [6.07, 6.45) is 4.84. The SMILES string of the molecule is O=Cc1cccc2ccn(CC(=O)NC3CC3)c12. The van der Waals surface area contributed by atoms with E-state index >= 15 is 0 Å². The number of hydrogen-bond donors (Lipinski definition) is 1. The molecule has 1 saturated carbocycles. The Bertz CT molecular complexity index is 611. The van der Waals surface area contributed by atoms with Crippen LogP contribution in [0.2, 0.25) is 0 Å². The summed E-state index contributed by atoms with van der Waals surface area (Å²) in [6.45, 7) is 0.269. The largest absolute Gasteiger partial charge is 0.352 e. The summed E-state index contributed by atoms with van der Waals surface area (Å²) in [4.78, 5) is 22.8. The maximum Gasteiger partial charge on any atom is 0.240 e. The third kappa shape index (κ3) is 2.01. The van der Waals surface area contributed by atoms with Crippen LogP contribution in [0, 0.1) is 0 Å². The van der Waals surface area contributed by atoms with Crippen molar-refractivity contribution in [3.8, 4) is 0 Å². The number of aldehydes is 1. The van der Waals surface area contributed by atoms with Crippen molar-refractivity contribution in [3.63, 3.8) is 0 Å². The van der Waals surface area contributed by atoms with Crippen molar-refractivity contribution < 1.29 is 9.59 Å². The van der Waals surface area contributed by atoms with Gasteiger partial charge in [0.15, 0.2) is 6.29 Å². The number of para-hydroxylation sites is 1. The lowest BCUT2D eigenvalue weighted by Crippen LogP contribution is -2.29. The fourth-order valence-corrected chi connectivity index (χ4v) is 2.17. The molecule has 3 rings (SSSR count). The Morgan fingerprint density at radius 2 is 2.22 bits per heavy atom. The van der Waals surface area contributed by atoms with E-state index in [-0.39, 0.29) is 12.5 Å². The normalized spacial score (nSPS) is 14.7. The minimum Gasteiger partial charge on any atom is -0.352 e. The van der Waals surface area contributed by atoms with Gasteiger partial charge >= 0.3 is 0 Å². The zero-order chi connectivity index (χ0) is 12.5. The van der Waals surface area contributed by atoms with Gasteiger partial charge in [-0.1, -0.05) is 12.1 Å². The topological polar surface area (TPSA) is 51.1 Å². The molecular formula is C14H14N2O2.